The lowest BCUT2D eigenvalue weighted by Gasteiger charge is -2.38. The Hall–Kier alpha value is -2.91. The van der Waals surface area contributed by atoms with Crippen LogP contribution >= 0.6 is 11.3 Å². The third kappa shape index (κ3) is 3.19. The molecule has 1 amide bonds. The topological polar surface area (TPSA) is 70.4 Å². The minimum Gasteiger partial charge on any atom is -0.496 e. The quantitative estimate of drug-likeness (QED) is 0.682. The number of allylic oxidation sites excluding steroid dienone is 2. The number of Topliss-reactive ketones (excluding diaryl/α,β-unsaturated/α-hetero) is 1. The molecule has 0 unspecified atom stereocenters. The number of carbonyl (C=O) groups is 2. The molecule has 6 heteroatoms. The van der Waals surface area contributed by atoms with E-state index in [1.54, 1.807) is 23.3 Å². The molecule has 0 radical (unpaired) electrons. The molecule has 2 aromatic rings. The molecule has 0 fully saturated rings. The van der Waals surface area contributed by atoms with Crippen molar-refractivity contribution in [3.63, 3.8) is 0 Å². The number of amides is 1. The lowest BCUT2D eigenvalue weighted by molar-refractivity contribution is -0.119. The predicted molar refractivity (Wildman–Crippen MR) is 119 cm³/mol. The first-order chi connectivity index (χ1) is 15.1. The van der Waals surface area contributed by atoms with Gasteiger partial charge in [0, 0.05) is 40.5 Å². The molecular weight excluding hydrogens is 408 g/mol. The van der Waals surface area contributed by atoms with Crippen LogP contribution in [0.25, 0.3) is 0 Å². The number of benzene rings is 1. The van der Waals surface area contributed by atoms with Crippen LogP contribution in [0.1, 0.15) is 66.0 Å². The van der Waals surface area contributed by atoms with Crippen LogP contribution in [-0.2, 0) is 22.4 Å². The maximum absolute atomic E-state index is 13.6. The number of aryl methyl sites for hydroxylation is 1. The van der Waals surface area contributed by atoms with Gasteiger partial charge < -0.3 is 4.74 Å². The van der Waals surface area contributed by atoms with E-state index < -0.39 is 0 Å². The van der Waals surface area contributed by atoms with Crippen LogP contribution in [-0.4, -0.2) is 18.8 Å². The number of nitrogens with zero attached hydrogens (tertiary/aromatic N) is 2. The minimum absolute atomic E-state index is 0.0422. The van der Waals surface area contributed by atoms with Crippen molar-refractivity contribution in [1.82, 2.24) is 0 Å². The summed E-state index contributed by atoms with van der Waals surface area (Å²) >= 11 is 1.57. The fraction of sp³-hybridized carbons (Fsp3) is 0.400. The van der Waals surface area contributed by atoms with E-state index in [-0.39, 0.29) is 24.0 Å². The fourth-order valence-corrected chi connectivity index (χ4v) is 6.65. The molecule has 158 valence electrons. The van der Waals surface area contributed by atoms with Crippen molar-refractivity contribution in [1.29, 1.82) is 5.26 Å². The maximum Gasteiger partial charge on any atom is 0.232 e. The first kappa shape index (κ1) is 20.0. The standard InChI is InChI=1S/C25H24N2O3S/c1-30-21-11-4-2-7-15(21)17-13-23(29)27(19-9-6-10-20(28)24(17)19)25-18(14-26)16-8-3-5-12-22(16)31-25/h2,4,7,11,17H,3,5-6,8-10,12-13H2,1H3/t17-/m0/s1. The van der Waals surface area contributed by atoms with E-state index in [9.17, 15) is 14.9 Å². The number of methoxy groups -OCH3 is 1. The zero-order valence-corrected chi connectivity index (χ0v) is 18.4. The molecule has 0 N–H and O–H groups in total. The van der Waals surface area contributed by atoms with E-state index in [0.29, 0.717) is 24.2 Å². The Kier molecular flexibility index (Phi) is 5.15. The molecule has 2 aliphatic carbocycles. The Balaban J connectivity index is 1.69. The van der Waals surface area contributed by atoms with Crippen molar-refractivity contribution in [3.8, 4) is 11.8 Å². The number of ketones is 1. The third-order valence-corrected chi connectivity index (χ3v) is 7.93. The van der Waals surface area contributed by atoms with Crippen molar-refractivity contribution in [3.05, 3.63) is 57.1 Å². The molecule has 3 aliphatic rings. The Morgan fingerprint density at radius 3 is 2.71 bits per heavy atom. The van der Waals surface area contributed by atoms with E-state index in [1.165, 1.54) is 4.88 Å². The van der Waals surface area contributed by atoms with Crippen molar-refractivity contribution in [2.45, 2.75) is 57.3 Å². The summed E-state index contributed by atoms with van der Waals surface area (Å²) in [7, 11) is 1.61. The van der Waals surface area contributed by atoms with Crippen LogP contribution in [0.3, 0.4) is 0 Å². The molecule has 0 saturated carbocycles. The summed E-state index contributed by atoms with van der Waals surface area (Å²) in [5.41, 5.74) is 4.14. The van der Waals surface area contributed by atoms with Gasteiger partial charge in [0.25, 0.3) is 0 Å². The Morgan fingerprint density at radius 1 is 1.10 bits per heavy atom. The Bertz CT molecular complexity index is 1150. The molecule has 1 aromatic carbocycles. The summed E-state index contributed by atoms with van der Waals surface area (Å²) < 4.78 is 5.55. The highest BCUT2D eigenvalue weighted by Crippen LogP contribution is 2.49. The van der Waals surface area contributed by atoms with Crippen molar-refractivity contribution in [2.24, 2.45) is 0 Å². The van der Waals surface area contributed by atoms with Gasteiger partial charge in [0.05, 0.1) is 12.7 Å². The molecule has 1 atom stereocenters. The Labute approximate surface area is 185 Å². The summed E-state index contributed by atoms with van der Waals surface area (Å²) in [6.07, 6.45) is 6.16. The fourth-order valence-electron chi connectivity index (χ4n) is 5.27. The molecular formula is C25H24N2O3S. The second-order valence-corrected chi connectivity index (χ2v) is 9.45. The van der Waals surface area contributed by atoms with Crippen LogP contribution in [0, 0.1) is 11.3 Å². The lowest BCUT2D eigenvalue weighted by Crippen LogP contribution is -2.40. The van der Waals surface area contributed by atoms with Crippen molar-refractivity contribution < 1.29 is 14.3 Å². The minimum atomic E-state index is -0.303. The van der Waals surface area contributed by atoms with Gasteiger partial charge in [-0.15, -0.1) is 11.3 Å². The summed E-state index contributed by atoms with van der Waals surface area (Å²) in [6.45, 7) is 0. The molecule has 5 rings (SSSR count). The number of para-hydroxylation sites is 1. The number of thiophene rings is 1. The third-order valence-electron chi connectivity index (χ3n) is 6.66. The summed E-state index contributed by atoms with van der Waals surface area (Å²) in [5.74, 6) is 0.458. The highest BCUT2D eigenvalue weighted by atomic mass is 32.1. The van der Waals surface area contributed by atoms with Gasteiger partial charge in [0.1, 0.15) is 16.8 Å². The Morgan fingerprint density at radius 2 is 1.90 bits per heavy atom. The number of fused-ring (bicyclic) bond motifs is 1. The smallest absolute Gasteiger partial charge is 0.232 e. The van der Waals surface area contributed by atoms with E-state index in [2.05, 4.69) is 6.07 Å². The zero-order valence-electron chi connectivity index (χ0n) is 17.6. The maximum atomic E-state index is 13.6. The number of hydrogen-bond donors (Lipinski definition) is 0. The number of ether oxygens (including phenoxy) is 1. The van der Waals surface area contributed by atoms with E-state index in [1.807, 2.05) is 24.3 Å². The first-order valence-corrected chi connectivity index (χ1v) is 11.7. The van der Waals surface area contributed by atoms with Gasteiger partial charge in [-0.25, -0.2) is 0 Å². The second kappa shape index (κ2) is 7.97. The van der Waals surface area contributed by atoms with Gasteiger partial charge in [-0.2, -0.15) is 5.26 Å². The summed E-state index contributed by atoms with van der Waals surface area (Å²) in [6, 6.07) is 10.0. The molecule has 2 heterocycles. The van der Waals surface area contributed by atoms with Crippen molar-refractivity contribution in [2.75, 3.05) is 12.0 Å². The monoisotopic (exact) mass is 432 g/mol. The van der Waals surface area contributed by atoms with Gasteiger partial charge >= 0.3 is 0 Å². The highest BCUT2D eigenvalue weighted by molar-refractivity contribution is 7.16. The van der Waals surface area contributed by atoms with Crippen LogP contribution in [0.5, 0.6) is 5.75 Å². The summed E-state index contributed by atoms with van der Waals surface area (Å²) in [5, 5.41) is 10.7. The van der Waals surface area contributed by atoms with Crippen molar-refractivity contribution >= 4 is 28.0 Å². The molecule has 1 aromatic heterocycles. The molecule has 0 bridgehead atoms. The SMILES string of the molecule is COc1ccccc1[C@@H]1CC(=O)N(c2sc3c(c2C#N)CCCC3)C2=C1C(=O)CCC2. The number of hydrogen-bond acceptors (Lipinski definition) is 5. The number of nitriles is 1. The van der Waals surface area contributed by atoms with Gasteiger partial charge in [-0.3, -0.25) is 14.5 Å². The van der Waals surface area contributed by atoms with E-state index >= 15 is 0 Å². The van der Waals surface area contributed by atoms with Crippen LogP contribution in [0.15, 0.2) is 35.5 Å². The molecule has 1 aliphatic heterocycles. The van der Waals surface area contributed by atoms with Gasteiger partial charge in [0.2, 0.25) is 5.91 Å². The number of rotatable bonds is 3. The van der Waals surface area contributed by atoms with Gasteiger partial charge in [0.15, 0.2) is 5.78 Å². The molecule has 0 saturated heterocycles. The summed E-state index contributed by atoms with van der Waals surface area (Å²) in [4.78, 5) is 29.6. The first-order valence-electron chi connectivity index (χ1n) is 10.9. The lowest BCUT2D eigenvalue weighted by atomic mass is 9.77. The largest absolute Gasteiger partial charge is 0.496 e. The normalized spacial score (nSPS) is 20.9. The zero-order chi connectivity index (χ0) is 21.5. The molecule has 31 heavy (non-hydrogen) atoms. The van der Waals surface area contributed by atoms with E-state index in [0.717, 1.165) is 59.5 Å². The van der Waals surface area contributed by atoms with Gasteiger partial charge in [-0.1, -0.05) is 18.2 Å². The van der Waals surface area contributed by atoms with Gasteiger partial charge in [-0.05, 0) is 50.2 Å². The second-order valence-electron chi connectivity index (χ2n) is 8.37. The average molecular weight is 433 g/mol. The number of anilines is 1. The molecule has 0 spiro atoms. The van der Waals surface area contributed by atoms with Crippen LogP contribution < -0.4 is 9.64 Å². The molecule has 5 nitrogen and oxygen atoms in total. The average Bonchev–Trinajstić information content (AvgIpc) is 3.16. The van der Waals surface area contributed by atoms with Crippen LogP contribution in [0.2, 0.25) is 0 Å². The highest BCUT2D eigenvalue weighted by Gasteiger charge is 2.42. The predicted octanol–water partition coefficient (Wildman–Crippen LogP) is 5.03. The van der Waals surface area contributed by atoms with Crippen LogP contribution in [0.4, 0.5) is 5.00 Å². The number of carbonyl (C=O) groups excluding carboxylic acids is 2. The van der Waals surface area contributed by atoms with E-state index in [4.69, 9.17) is 4.74 Å².